The SMILES string of the molecule is N#Cc1cc(CBr)c(Cl)cc1I. The highest BCUT2D eigenvalue weighted by molar-refractivity contribution is 14.1. The number of rotatable bonds is 1. The Labute approximate surface area is 98.0 Å². The maximum atomic E-state index is 8.72. The molecule has 0 amide bonds. The van der Waals surface area contributed by atoms with Gasteiger partial charge in [0.15, 0.2) is 0 Å². The van der Waals surface area contributed by atoms with Crippen LogP contribution in [0.5, 0.6) is 0 Å². The third-order valence-electron chi connectivity index (χ3n) is 1.40. The number of nitriles is 1. The Bertz CT molecular complexity index is 346. The van der Waals surface area contributed by atoms with Crippen LogP contribution in [0.2, 0.25) is 5.02 Å². The molecule has 0 N–H and O–H groups in total. The van der Waals surface area contributed by atoms with Crippen LogP contribution in [-0.2, 0) is 5.33 Å². The van der Waals surface area contributed by atoms with E-state index in [9.17, 15) is 0 Å². The molecule has 12 heavy (non-hydrogen) atoms. The van der Waals surface area contributed by atoms with Gasteiger partial charge in [0.1, 0.15) is 6.07 Å². The topological polar surface area (TPSA) is 23.8 Å². The summed E-state index contributed by atoms with van der Waals surface area (Å²) in [6.45, 7) is 0. The van der Waals surface area contributed by atoms with Crippen LogP contribution < -0.4 is 0 Å². The molecule has 1 nitrogen and oxygen atoms in total. The van der Waals surface area contributed by atoms with Crippen LogP contribution >= 0.6 is 50.1 Å². The quantitative estimate of drug-likeness (QED) is 0.556. The lowest BCUT2D eigenvalue weighted by atomic mass is 10.2. The van der Waals surface area contributed by atoms with Gasteiger partial charge >= 0.3 is 0 Å². The Morgan fingerprint density at radius 1 is 1.58 bits per heavy atom. The molecule has 0 aliphatic carbocycles. The minimum Gasteiger partial charge on any atom is -0.192 e. The second kappa shape index (κ2) is 4.45. The van der Waals surface area contributed by atoms with Crippen molar-refractivity contribution in [2.75, 3.05) is 0 Å². The Morgan fingerprint density at radius 3 is 2.75 bits per heavy atom. The molecule has 0 bridgehead atoms. The van der Waals surface area contributed by atoms with E-state index in [1.165, 1.54) is 0 Å². The van der Waals surface area contributed by atoms with Gasteiger partial charge in [-0.2, -0.15) is 5.26 Å². The summed E-state index contributed by atoms with van der Waals surface area (Å²) in [6, 6.07) is 5.72. The van der Waals surface area contributed by atoms with Crippen molar-refractivity contribution >= 4 is 50.1 Å². The molecule has 0 aliphatic heterocycles. The summed E-state index contributed by atoms with van der Waals surface area (Å²) in [5, 5.41) is 10.1. The Kier molecular flexibility index (Phi) is 3.81. The van der Waals surface area contributed by atoms with Gasteiger partial charge in [-0.05, 0) is 40.3 Å². The van der Waals surface area contributed by atoms with E-state index in [-0.39, 0.29) is 0 Å². The summed E-state index contributed by atoms with van der Waals surface area (Å²) >= 11 is 11.3. The maximum absolute atomic E-state index is 8.72. The van der Waals surface area contributed by atoms with E-state index in [1.54, 1.807) is 12.1 Å². The highest BCUT2D eigenvalue weighted by atomic mass is 127. The summed E-state index contributed by atoms with van der Waals surface area (Å²) in [4.78, 5) is 0. The summed E-state index contributed by atoms with van der Waals surface area (Å²) in [7, 11) is 0. The number of benzene rings is 1. The number of hydrogen-bond donors (Lipinski definition) is 0. The van der Waals surface area contributed by atoms with Gasteiger partial charge in [0.25, 0.3) is 0 Å². The first-order valence-electron chi connectivity index (χ1n) is 3.13. The standard InChI is InChI=1S/C8H4BrClIN/c9-3-5-1-6(4-12)8(11)2-7(5)10/h1-2H,3H2. The van der Waals surface area contributed by atoms with Gasteiger partial charge in [0.05, 0.1) is 5.56 Å². The molecule has 1 aromatic carbocycles. The van der Waals surface area contributed by atoms with Crippen molar-refractivity contribution in [3.63, 3.8) is 0 Å². The van der Waals surface area contributed by atoms with Crippen molar-refractivity contribution in [3.05, 3.63) is 31.9 Å². The van der Waals surface area contributed by atoms with Crippen molar-refractivity contribution in [3.8, 4) is 6.07 Å². The van der Waals surface area contributed by atoms with Gasteiger partial charge in [-0.25, -0.2) is 0 Å². The van der Waals surface area contributed by atoms with E-state index in [4.69, 9.17) is 16.9 Å². The second-order valence-corrected chi connectivity index (χ2v) is 4.30. The van der Waals surface area contributed by atoms with Crippen molar-refractivity contribution in [1.82, 2.24) is 0 Å². The summed E-state index contributed by atoms with van der Waals surface area (Å²) in [6.07, 6.45) is 0. The van der Waals surface area contributed by atoms with Crippen LogP contribution in [0.25, 0.3) is 0 Å². The first-order valence-corrected chi connectivity index (χ1v) is 5.71. The predicted molar refractivity (Wildman–Crippen MR) is 61.5 cm³/mol. The summed E-state index contributed by atoms with van der Waals surface area (Å²) in [5.74, 6) is 0. The molecule has 0 aromatic heterocycles. The van der Waals surface area contributed by atoms with Crippen molar-refractivity contribution in [2.24, 2.45) is 0 Å². The molecule has 0 radical (unpaired) electrons. The van der Waals surface area contributed by atoms with Gasteiger partial charge < -0.3 is 0 Å². The molecule has 1 rings (SSSR count). The molecule has 62 valence electrons. The van der Waals surface area contributed by atoms with Crippen LogP contribution in [-0.4, -0.2) is 0 Å². The minimum absolute atomic E-state index is 0.675. The van der Waals surface area contributed by atoms with E-state index in [0.29, 0.717) is 15.9 Å². The molecule has 0 fully saturated rings. The predicted octanol–water partition coefficient (Wildman–Crippen LogP) is 3.71. The molecule has 0 aliphatic rings. The van der Waals surface area contributed by atoms with Crippen LogP contribution in [0, 0.1) is 14.9 Å². The molecule has 4 heteroatoms. The zero-order chi connectivity index (χ0) is 9.14. The third-order valence-corrected chi connectivity index (χ3v) is 3.25. The smallest absolute Gasteiger partial charge is 0.100 e. The monoisotopic (exact) mass is 355 g/mol. The molecule has 1 aromatic rings. The Hall–Kier alpha value is 0.210. The molecule has 0 spiro atoms. The lowest BCUT2D eigenvalue weighted by Crippen LogP contribution is -1.87. The molecule has 0 unspecified atom stereocenters. The average molecular weight is 356 g/mol. The minimum atomic E-state index is 0.675. The van der Waals surface area contributed by atoms with Gasteiger partial charge in [-0.1, -0.05) is 27.5 Å². The molecule has 0 atom stereocenters. The van der Waals surface area contributed by atoms with E-state index in [1.807, 2.05) is 0 Å². The lowest BCUT2D eigenvalue weighted by molar-refractivity contribution is 1.38. The van der Waals surface area contributed by atoms with Crippen LogP contribution in [0.3, 0.4) is 0 Å². The van der Waals surface area contributed by atoms with Gasteiger partial charge in [0, 0.05) is 13.9 Å². The van der Waals surface area contributed by atoms with E-state index < -0.39 is 0 Å². The van der Waals surface area contributed by atoms with E-state index in [2.05, 4.69) is 44.6 Å². The fraction of sp³-hybridized carbons (Fsp3) is 0.125. The second-order valence-electron chi connectivity index (χ2n) is 2.17. The zero-order valence-corrected chi connectivity index (χ0v) is 10.4. The highest BCUT2D eigenvalue weighted by Gasteiger charge is 2.04. The molecule has 0 heterocycles. The first-order chi connectivity index (χ1) is 5.69. The van der Waals surface area contributed by atoms with Gasteiger partial charge in [-0.3, -0.25) is 0 Å². The zero-order valence-electron chi connectivity index (χ0n) is 5.94. The van der Waals surface area contributed by atoms with Crippen molar-refractivity contribution in [2.45, 2.75) is 5.33 Å². The molecule has 0 saturated heterocycles. The van der Waals surface area contributed by atoms with Crippen LogP contribution in [0.4, 0.5) is 0 Å². The maximum Gasteiger partial charge on any atom is 0.100 e. The summed E-state index contributed by atoms with van der Waals surface area (Å²) < 4.78 is 0.893. The first kappa shape index (κ1) is 10.3. The molecule has 0 saturated carbocycles. The normalized spacial score (nSPS) is 9.50. The van der Waals surface area contributed by atoms with E-state index in [0.717, 1.165) is 9.13 Å². The van der Waals surface area contributed by atoms with Crippen LogP contribution in [0.1, 0.15) is 11.1 Å². The van der Waals surface area contributed by atoms with E-state index >= 15 is 0 Å². The number of halogens is 3. The Morgan fingerprint density at radius 2 is 2.25 bits per heavy atom. The Balaban J connectivity index is 3.30. The fourth-order valence-corrected chi connectivity index (χ4v) is 2.41. The molecular formula is C8H4BrClIN. The molecular weight excluding hydrogens is 352 g/mol. The van der Waals surface area contributed by atoms with Gasteiger partial charge in [-0.15, -0.1) is 0 Å². The highest BCUT2D eigenvalue weighted by Crippen LogP contribution is 2.24. The number of alkyl halides is 1. The third kappa shape index (κ3) is 2.12. The van der Waals surface area contributed by atoms with Crippen molar-refractivity contribution in [1.29, 1.82) is 5.26 Å². The average Bonchev–Trinajstić information content (AvgIpc) is 2.05. The number of nitrogens with zero attached hydrogens (tertiary/aromatic N) is 1. The summed E-state index contributed by atoms with van der Waals surface area (Å²) in [5.41, 5.74) is 1.63. The number of hydrogen-bond acceptors (Lipinski definition) is 1. The fourth-order valence-electron chi connectivity index (χ4n) is 0.782. The largest absolute Gasteiger partial charge is 0.192 e. The lowest BCUT2D eigenvalue weighted by Gasteiger charge is -2.01. The van der Waals surface area contributed by atoms with Crippen molar-refractivity contribution < 1.29 is 0 Å². The van der Waals surface area contributed by atoms with Gasteiger partial charge in [0.2, 0.25) is 0 Å². The van der Waals surface area contributed by atoms with Crippen LogP contribution in [0.15, 0.2) is 12.1 Å².